The summed E-state index contributed by atoms with van der Waals surface area (Å²) in [5.41, 5.74) is 4.64. The van der Waals surface area contributed by atoms with Gasteiger partial charge in [-0.2, -0.15) is 0 Å². The lowest BCUT2D eigenvalue weighted by molar-refractivity contribution is -0.142. The van der Waals surface area contributed by atoms with Crippen LogP contribution in [0, 0.1) is 0 Å². The molecule has 1 saturated heterocycles. The van der Waals surface area contributed by atoms with E-state index in [9.17, 15) is 4.79 Å². The molecule has 0 spiro atoms. The summed E-state index contributed by atoms with van der Waals surface area (Å²) in [6.07, 6.45) is 2.45. The van der Waals surface area contributed by atoms with Crippen LogP contribution in [0.4, 0.5) is 0 Å². The smallest absolute Gasteiger partial charge is 0.323 e. The lowest BCUT2D eigenvalue weighted by Gasteiger charge is -2.39. The van der Waals surface area contributed by atoms with Gasteiger partial charge in [0, 0.05) is 25.7 Å². The zero-order chi connectivity index (χ0) is 14.5. The van der Waals surface area contributed by atoms with E-state index in [1.165, 1.54) is 0 Å². The number of likely N-dealkylation sites (N-methyl/N-ethyl adjacent to an activating group) is 1. The molecule has 1 heterocycles. The summed E-state index contributed by atoms with van der Waals surface area (Å²) in [4.78, 5) is 15.9. The van der Waals surface area contributed by atoms with Gasteiger partial charge >= 0.3 is 5.97 Å². The number of aliphatic carboxylic acids is 1. The van der Waals surface area contributed by atoms with Crippen molar-refractivity contribution in [1.29, 1.82) is 0 Å². The minimum absolute atomic E-state index is 0.548. The molecule has 3 N–H and O–H groups in total. The van der Waals surface area contributed by atoms with Gasteiger partial charge in [-0.1, -0.05) is 6.92 Å². The summed E-state index contributed by atoms with van der Waals surface area (Å²) in [5.74, 6) is -0.905. The predicted molar refractivity (Wildman–Crippen MR) is 77.2 cm³/mol. The van der Waals surface area contributed by atoms with Crippen LogP contribution in [0.1, 0.15) is 40.0 Å². The largest absolute Gasteiger partial charge is 0.480 e. The Balaban J connectivity index is 2.19. The number of carboxylic acid groups (broad SMARTS) is 1. The maximum atomic E-state index is 10.9. The van der Waals surface area contributed by atoms with Crippen LogP contribution in [0.2, 0.25) is 0 Å². The highest BCUT2D eigenvalue weighted by Crippen LogP contribution is 2.13. The van der Waals surface area contributed by atoms with E-state index in [1.54, 1.807) is 6.92 Å². The van der Waals surface area contributed by atoms with E-state index < -0.39 is 11.5 Å². The molecule has 0 aromatic heterocycles. The van der Waals surface area contributed by atoms with Gasteiger partial charge in [0.1, 0.15) is 5.54 Å². The van der Waals surface area contributed by atoms with E-state index in [-0.39, 0.29) is 0 Å². The second-order valence-electron chi connectivity index (χ2n) is 5.96. The second-order valence-corrected chi connectivity index (χ2v) is 5.96. The van der Waals surface area contributed by atoms with E-state index >= 15 is 0 Å². The molecule has 2 unspecified atom stereocenters. The van der Waals surface area contributed by atoms with Gasteiger partial charge in [-0.15, -0.1) is 0 Å². The van der Waals surface area contributed by atoms with E-state index in [0.717, 1.165) is 45.6 Å². The van der Waals surface area contributed by atoms with Gasteiger partial charge in [0.15, 0.2) is 0 Å². The quantitative estimate of drug-likeness (QED) is 0.676. The Kier molecular flexibility index (Phi) is 6.23. The van der Waals surface area contributed by atoms with Gasteiger partial charge < -0.3 is 15.7 Å². The highest BCUT2D eigenvalue weighted by molar-refractivity contribution is 5.77. The van der Waals surface area contributed by atoms with Crippen LogP contribution < -0.4 is 5.73 Å². The summed E-state index contributed by atoms with van der Waals surface area (Å²) >= 11 is 0. The number of hydrogen-bond acceptors (Lipinski definition) is 4. The van der Waals surface area contributed by atoms with Crippen LogP contribution in [0.15, 0.2) is 0 Å². The maximum absolute atomic E-state index is 10.9. The molecule has 0 amide bonds. The Morgan fingerprint density at radius 1 is 1.42 bits per heavy atom. The molecule has 19 heavy (non-hydrogen) atoms. The first kappa shape index (κ1) is 16.4. The van der Waals surface area contributed by atoms with Crippen LogP contribution >= 0.6 is 0 Å². The molecule has 1 aliphatic rings. The molecule has 0 saturated carbocycles. The van der Waals surface area contributed by atoms with Crippen molar-refractivity contribution < 1.29 is 9.90 Å². The Hall–Kier alpha value is -0.650. The van der Waals surface area contributed by atoms with Gasteiger partial charge in [-0.05, 0) is 46.2 Å². The van der Waals surface area contributed by atoms with Gasteiger partial charge in [0.25, 0.3) is 0 Å². The molecular weight excluding hydrogens is 242 g/mol. The Bertz CT molecular complexity index is 294. The molecule has 1 rings (SSSR count). The maximum Gasteiger partial charge on any atom is 0.323 e. The number of nitrogens with zero attached hydrogens (tertiary/aromatic N) is 2. The zero-order valence-electron chi connectivity index (χ0n) is 12.6. The Morgan fingerprint density at radius 3 is 2.63 bits per heavy atom. The first-order valence-electron chi connectivity index (χ1n) is 7.35. The van der Waals surface area contributed by atoms with Crippen molar-refractivity contribution in [3.8, 4) is 0 Å². The zero-order valence-corrected chi connectivity index (χ0v) is 12.6. The summed E-state index contributed by atoms with van der Waals surface area (Å²) in [6, 6.07) is 0.623. The molecule has 0 aromatic carbocycles. The van der Waals surface area contributed by atoms with Crippen LogP contribution in [0.5, 0.6) is 0 Å². The lowest BCUT2D eigenvalue weighted by atomic mass is 9.96. The Morgan fingerprint density at radius 2 is 2.11 bits per heavy atom. The molecular formula is C14H29N3O2. The number of rotatable bonds is 7. The second kappa shape index (κ2) is 7.22. The van der Waals surface area contributed by atoms with E-state index in [4.69, 9.17) is 10.8 Å². The van der Waals surface area contributed by atoms with Crippen molar-refractivity contribution in [3.05, 3.63) is 0 Å². The van der Waals surface area contributed by atoms with Gasteiger partial charge in [0.05, 0.1) is 0 Å². The summed E-state index contributed by atoms with van der Waals surface area (Å²) in [7, 11) is 0. The van der Waals surface area contributed by atoms with Crippen molar-refractivity contribution in [2.75, 3.05) is 32.7 Å². The first-order valence-corrected chi connectivity index (χ1v) is 7.35. The van der Waals surface area contributed by atoms with Crippen LogP contribution in [-0.4, -0.2) is 65.2 Å². The normalized spacial score (nSPS) is 25.2. The number of piperazine rings is 1. The third-order valence-electron chi connectivity index (χ3n) is 4.16. The highest BCUT2D eigenvalue weighted by atomic mass is 16.4. The molecule has 5 heteroatoms. The predicted octanol–water partition coefficient (Wildman–Crippen LogP) is 0.985. The molecule has 0 radical (unpaired) electrons. The van der Waals surface area contributed by atoms with Gasteiger partial charge in [-0.3, -0.25) is 9.69 Å². The topological polar surface area (TPSA) is 69.8 Å². The third kappa shape index (κ3) is 5.09. The molecule has 0 bridgehead atoms. The fraction of sp³-hybridized carbons (Fsp3) is 0.929. The van der Waals surface area contributed by atoms with E-state index in [2.05, 4.69) is 23.6 Å². The number of carbonyl (C=O) groups is 1. The van der Waals surface area contributed by atoms with Crippen molar-refractivity contribution in [2.24, 2.45) is 5.73 Å². The number of carboxylic acids is 1. The number of nitrogens with two attached hydrogens (primary N) is 1. The number of hydrogen-bond donors (Lipinski definition) is 2. The SMILES string of the molecule is CCN1CCN(CCCCC(C)(N)C(=O)O)CC1C. The van der Waals surface area contributed by atoms with E-state index in [0.29, 0.717) is 12.5 Å². The van der Waals surface area contributed by atoms with Crippen LogP contribution in [-0.2, 0) is 4.79 Å². The molecule has 0 aromatic rings. The minimum atomic E-state index is -1.08. The summed E-state index contributed by atoms with van der Waals surface area (Å²) < 4.78 is 0. The van der Waals surface area contributed by atoms with Crippen molar-refractivity contribution in [3.63, 3.8) is 0 Å². The lowest BCUT2D eigenvalue weighted by Crippen LogP contribution is -2.51. The Labute approximate surface area is 116 Å². The highest BCUT2D eigenvalue weighted by Gasteiger charge is 2.27. The van der Waals surface area contributed by atoms with Crippen molar-refractivity contribution in [1.82, 2.24) is 9.80 Å². The van der Waals surface area contributed by atoms with Crippen molar-refractivity contribution >= 4 is 5.97 Å². The average molecular weight is 271 g/mol. The van der Waals surface area contributed by atoms with Gasteiger partial charge in [-0.25, -0.2) is 0 Å². The van der Waals surface area contributed by atoms with Crippen LogP contribution in [0.3, 0.4) is 0 Å². The van der Waals surface area contributed by atoms with Crippen LogP contribution in [0.25, 0.3) is 0 Å². The monoisotopic (exact) mass is 271 g/mol. The first-order chi connectivity index (χ1) is 8.86. The fourth-order valence-electron chi connectivity index (χ4n) is 2.68. The minimum Gasteiger partial charge on any atom is -0.480 e. The molecule has 5 nitrogen and oxygen atoms in total. The molecule has 1 fully saturated rings. The number of unbranched alkanes of at least 4 members (excludes halogenated alkanes) is 1. The van der Waals surface area contributed by atoms with Crippen molar-refractivity contribution in [2.45, 2.75) is 51.6 Å². The molecule has 0 aliphatic carbocycles. The molecule has 112 valence electrons. The molecule has 1 aliphatic heterocycles. The van der Waals surface area contributed by atoms with E-state index in [1.807, 2.05) is 0 Å². The average Bonchev–Trinajstić information content (AvgIpc) is 2.34. The summed E-state index contributed by atoms with van der Waals surface area (Å²) in [5, 5.41) is 8.94. The standard InChI is InChI=1S/C14H29N3O2/c1-4-17-10-9-16(11-12(17)2)8-6-5-7-14(3,15)13(18)19/h12H,4-11,15H2,1-3H3,(H,18,19). The van der Waals surface area contributed by atoms with Gasteiger partial charge in [0.2, 0.25) is 0 Å². The molecule has 2 atom stereocenters. The fourth-order valence-corrected chi connectivity index (χ4v) is 2.68. The summed E-state index contributed by atoms with van der Waals surface area (Å²) in [6.45, 7) is 11.6. The third-order valence-corrected chi connectivity index (χ3v) is 4.16.